The highest BCUT2D eigenvalue weighted by Crippen LogP contribution is 2.22. The lowest BCUT2D eigenvalue weighted by atomic mass is 10.1. The van der Waals surface area contributed by atoms with Crippen LogP contribution in [-0.4, -0.2) is 58.6 Å². The molecule has 0 spiro atoms. The van der Waals surface area contributed by atoms with Crippen LogP contribution < -0.4 is 10.1 Å². The van der Waals surface area contributed by atoms with E-state index in [2.05, 4.69) is 15.3 Å². The summed E-state index contributed by atoms with van der Waals surface area (Å²) in [5.74, 6) is 1.28. The molecule has 1 amide bonds. The zero-order valence-corrected chi connectivity index (χ0v) is 16.5. The molecule has 1 aliphatic heterocycles. The molecule has 2 heterocycles. The molecule has 7 nitrogen and oxygen atoms in total. The molecule has 1 aromatic heterocycles. The van der Waals surface area contributed by atoms with Gasteiger partial charge in [0.25, 0.3) is 0 Å². The number of carbonyl (C=O) groups is 1. The highest BCUT2D eigenvalue weighted by Gasteiger charge is 2.27. The molecular weight excluding hydrogens is 340 g/mol. The summed E-state index contributed by atoms with van der Waals surface area (Å²) in [5.41, 5.74) is -0.482. The van der Waals surface area contributed by atoms with Crippen molar-refractivity contribution in [3.63, 3.8) is 0 Å². The van der Waals surface area contributed by atoms with Crippen molar-refractivity contribution >= 4 is 23.7 Å². The van der Waals surface area contributed by atoms with Crippen molar-refractivity contribution in [1.29, 1.82) is 0 Å². The van der Waals surface area contributed by atoms with Crippen LogP contribution in [-0.2, 0) is 4.74 Å². The largest absolute Gasteiger partial charge is 0.478 e. The zero-order valence-electron chi connectivity index (χ0n) is 15.7. The number of likely N-dealkylation sites (tertiary alicyclic amines) is 1. The predicted octanol–water partition coefficient (Wildman–Crippen LogP) is 3.41. The summed E-state index contributed by atoms with van der Waals surface area (Å²) in [6.45, 7) is 9.43. The Bertz CT molecular complexity index is 592. The van der Waals surface area contributed by atoms with Crippen LogP contribution in [0.15, 0.2) is 11.2 Å². The lowest BCUT2D eigenvalue weighted by Gasteiger charge is -2.34. The second kappa shape index (κ2) is 8.60. The standard InChI is InChI=1S/C17H28N4O3S/c1-6-23-14-10-13(19-15(20-14)25-5)18-12-8-7-9-21(11-12)16(22)24-17(2,3)4/h10,12H,6-9,11H2,1-5H3,(H,18,19,20)/t12-/m0/s1. The van der Waals surface area contributed by atoms with Crippen LogP contribution in [0.3, 0.4) is 0 Å². The van der Waals surface area contributed by atoms with E-state index < -0.39 is 5.60 Å². The zero-order chi connectivity index (χ0) is 18.4. The third-order valence-electron chi connectivity index (χ3n) is 3.58. The Morgan fingerprint density at radius 3 is 2.84 bits per heavy atom. The molecule has 1 fully saturated rings. The lowest BCUT2D eigenvalue weighted by molar-refractivity contribution is 0.0206. The normalized spacial score (nSPS) is 18.0. The molecule has 1 N–H and O–H groups in total. The summed E-state index contributed by atoms with van der Waals surface area (Å²) in [5, 5.41) is 4.07. The number of hydrogen-bond acceptors (Lipinski definition) is 7. The molecule has 1 saturated heterocycles. The van der Waals surface area contributed by atoms with E-state index in [-0.39, 0.29) is 12.1 Å². The molecular formula is C17H28N4O3S. The van der Waals surface area contributed by atoms with Crippen LogP contribution in [0.2, 0.25) is 0 Å². The van der Waals surface area contributed by atoms with E-state index in [9.17, 15) is 4.79 Å². The Morgan fingerprint density at radius 2 is 2.20 bits per heavy atom. The number of piperidine rings is 1. The summed E-state index contributed by atoms with van der Waals surface area (Å²) >= 11 is 1.47. The summed E-state index contributed by atoms with van der Waals surface area (Å²) in [6.07, 6.45) is 3.57. The molecule has 0 unspecified atom stereocenters. The number of aromatic nitrogens is 2. The van der Waals surface area contributed by atoms with Gasteiger partial charge in [-0.3, -0.25) is 0 Å². The fraction of sp³-hybridized carbons (Fsp3) is 0.706. The Kier molecular flexibility index (Phi) is 6.75. The van der Waals surface area contributed by atoms with Crippen LogP contribution in [0.4, 0.5) is 10.6 Å². The summed E-state index contributed by atoms with van der Waals surface area (Å²) < 4.78 is 11.0. The monoisotopic (exact) mass is 368 g/mol. The van der Waals surface area contributed by atoms with E-state index >= 15 is 0 Å². The number of amides is 1. The molecule has 8 heteroatoms. The fourth-order valence-corrected chi connectivity index (χ4v) is 2.96. The smallest absolute Gasteiger partial charge is 0.410 e. The van der Waals surface area contributed by atoms with Crippen LogP contribution in [0.5, 0.6) is 5.88 Å². The number of carbonyl (C=O) groups excluding carboxylic acids is 1. The maximum atomic E-state index is 12.3. The maximum Gasteiger partial charge on any atom is 0.410 e. The number of anilines is 1. The van der Waals surface area contributed by atoms with E-state index in [4.69, 9.17) is 9.47 Å². The number of thioether (sulfide) groups is 1. The Morgan fingerprint density at radius 1 is 1.44 bits per heavy atom. The van der Waals surface area contributed by atoms with Gasteiger partial charge in [-0.05, 0) is 46.8 Å². The summed E-state index contributed by atoms with van der Waals surface area (Å²) in [4.78, 5) is 22.8. The van der Waals surface area contributed by atoms with Gasteiger partial charge in [0.05, 0.1) is 6.61 Å². The van der Waals surface area contributed by atoms with Crippen molar-refractivity contribution in [3.8, 4) is 5.88 Å². The van der Waals surface area contributed by atoms with E-state index in [0.29, 0.717) is 24.2 Å². The molecule has 2 rings (SSSR count). The van der Waals surface area contributed by atoms with Gasteiger partial charge < -0.3 is 19.7 Å². The van der Waals surface area contributed by atoms with Gasteiger partial charge in [-0.2, -0.15) is 4.98 Å². The highest BCUT2D eigenvalue weighted by atomic mass is 32.2. The lowest BCUT2D eigenvalue weighted by Crippen LogP contribution is -2.47. The number of hydrogen-bond donors (Lipinski definition) is 1. The van der Waals surface area contributed by atoms with Crippen molar-refractivity contribution in [2.45, 2.75) is 57.3 Å². The number of nitrogens with zero attached hydrogens (tertiary/aromatic N) is 3. The van der Waals surface area contributed by atoms with Crippen molar-refractivity contribution in [3.05, 3.63) is 6.07 Å². The van der Waals surface area contributed by atoms with Gasteiger partial charge in [0.15, 0.2) is 5.16 Å². The van der Waals surface area contributed by atoms with E-state index in [1.165, 1.54) is 11.8 Å². The SMILES string of the molecule is CCOc1cc(N[C@H]2CCCN(C(=O)OC(C)(C)C)C2)nc(SC)n1. The number of ether oxygens (including phenoxy) is 2. The van der Waals surface area contributed by atoms with E-state index in [1.807, 2.05) is 34.0 Å². The van der Waals surface area contributed by atoms with Crippen molar-refractivity contribution in [2.24, 2.45) is 0 Å². The minimum atomic E-state index is -0.482. The third-order valence-corrected chi connectivity index (χ3v) is 4.13. The van der Waals surface area contributed by atoms with Crippen molar-refractivity contribution in [2.75, 3.05) is 31.3 Å². The minimum Gasteiger partial charge on any atom is -0.478 e. The van der Waals surface area contributed by atoms with Crippen LogP contribution >= 0.6 is 11.8 Å². The summed E-state index contributed by atoms with van der Waals surface area (Å²) in [6, 6.07) is 1.93. The van der Waals surface area contributed by atoms with E-state index in [1.54, 1.807) is 11.0 Å². The van der Waals surface area contributed by atoms with Gasteiger partial charge in [-0.15, -0.1) is 0 Å². The topological polar surface area (TPSA) is 76.6 Å². The first kappa shape index (κ1) is 19.6. The van der Waals surface area contributed by atoms with Gasteiger partial charge in [-0.25, -0.2) is 9.78 Å². The summed E-state index contributed by atoms with van der Waals surface area (Å²) in [7, 11) is 0. The molecule has 25 heavy (non-hydrogen) atoms. The van der Waals surface area contributed by atoms with Crippen LogP contribution in [0.1, 0.15) is 40.5 Å². The first-order valence-corrected chi connectivity index (χ1v) is 9.83. The predicted molar refractivity (Wildman–Crippen MR) is 99.4 cm³/mol. The van der Waals surface area contributed by atoms with Gasteiger partial charge >= 0.3 is 6.09 Å². The molecule has 140 valence electrons. The fourth-order valence-electron chi connectivity index (χ4n) is 2.59. The van der Waals surface area contributed by atoms with Crippen LogP contribution in [0.25, 0.3) is 0 Å². The quantitative estimate of drug-likeness (QED) is 0.630. The number of nitrogens with one attached hydrogen (secondary N) is 1. The molecule has 1 aromatic rings. The highest BCUT2D eigenvalue weighted by molar-refractivity contribution is 7.98. The third kappa shape index (κ3) is 6.26. The first-order chi connectivity index (χ1) is 11.8. The average molecular weight is 369 g/mol. The van der Waals surface area contributed by atoms with Gasteiger partial charge in [0.2, 0.25) is 5.88 Å². The number of rotatable bonds is 5. The first-order valence-electron chi connectivity index (χ1n) is 8.61. The molecule has 0 aromatic carbocycles. The average Bonchev–Trinajstić information content (AvgIpc) is 2.53. The second-order valence-corrected chi connectivity index (χ2v) is 7.69. The molecule has 0 aliphatic carbocycles. The van der Waals surface area contributed by atoms with Gasteiger partial charge in [0, 0.05) is 25.2 Å². The van der Waals surface area contributed by atoms with Crippen molar-refractivity contribution in [1.82, 2.24) is 14.9 Å². The van der Waals surface area contributed by atoms with E-state index in [0.717, 1.165) is 25.2 Å². The maximum absolute atomic E-state index is 12.3. The Hall–Kier alpha value is -1.70. The van der Waals surface area contributed by atoms with Gasteiger partial charge in [0.1, 0.15) is 11.4 Å². The molecule has 0 bridgehead atoms. The Labute approximate surface area is 153 Å². The van der Waals surface area contributed by atoms with Crippen molar-refractivity contribution < 1.29 is 14.3 Å². The minimum absolute atomic E-state index is 0.125. The molecule has 0 radical (unpaired) electrons. The molecule has 0 saturated carbocycles. The Balaban J connectivity index is 2.02. The molecule has 1 atom stereocenters. The van der Waals surface area contributed by atoms with Crippen LogP contribution in [0, 0.1) is 0 Å². The van der Waals surface area contributed by atoms with Gasteiger partial charge in [-0.1, -0.05) is 11.8 Å². The molecule has 1 aliphatic rings. The second-order valence-electron chi connectivity index (χ2n) is 6.92.